The molecule has 0 saturated heterocycles. The van der Waals surface area contributed by atoms with E-state index >= 15 is 0 Å². The first-order chi connectivity index (χ1) is 12.1. The number of hydrogen-bond acceptors (Lipinski definition) is 3. The Morgan fingerprint density at radius 2 is 1.84 bits per heavy atom. The number of nitrogens with zero attached hydrogens (tertiary/aromatic N) is 2. The molecule has 25 heavy (non-hydrogen) atoms. The van der Waals surface area contributed by atoms with E-state index in [1.807, 2.05) is 30.3 Å². The van der Waals surface area contributed by atoms with Gasteiger partial charge in [0.25, 0.3) is 5.56 Å². The van der Waals surface area contributed by atoms with Crippen molar-refractivity contribution in [1.29, 1.82) is 0 Å². The SMILES string of the molecule is O=C(Cn1nc(-c2ccccc2)ccc1=O)NCc1cccc(F)c1. The van der Waals surface area contributed by atoms with E-state index < -0.39 is 0 Å². The molecule has 0 fully saturated rings. The van der Waals surface area contributed by atoms with E-state index in [9.17, 15) is 14.0 Å². The summed E-state index contributed by atoms with van der Waals surface area (Å²) in [5.41, 5.74) is 1.75. The quantitative estimate of drug-likeness (QED) is 0.777. The van der Waals surface area contributed by atoms with Gasteiger partial charge in [-0.15, -0.1) is 0 Å². The van der Waals surface area contributed by atoms with Crippen molar-refractivity contribution in [3.05, 3.63) is 88.5 Å². The van der Waals surface area contributed by atoms with Crippen molar-refractivity contribution in [2.45, 2.75) is 13.1 Å². The molecule has 5 nitrogen and oxygen atoms in total. The largest absolute Gasteiger partial charge is 0.350 e. The zero-order valence-electron chi connectivity index (χ0n) is 13.4. The first-order valence-corrected chi connectivity index (χ1v) is 7.76. The summed E-state index contributed by atoms with van der Waals surface area (Å²) in [5, 5.41) is 6.89. The molecule has 126 valence electrons. The van der Waals surface area contributed by atoms with Crippen molar-refractivity contribution in [3.8, 4) is 11.3 Å². The summed E-state index contributed by atoms with van der Waals surface area (Å²) >= 11 is 0. The molecule has 0 atom stereocenters. The summed E-state index contributed by atoms with van der Waals surface area (Å²) in [6.45, 7) is -0.0153. The van der Waals surface area contributed by atoms with Gasteiger partial charge in [0, 0.05) is 18.2 Å². The fraction of sp³-hybridized carbons (Fsp3) is 0.105. The summed E-state index contributed by atoms with van der Waals surface area (Å²) in [4.78, 5) is 24.0. The smallest absolute Gasteiger partial charge is 0.267 e. The van der Waals surface area contributed by atoms with Gasteiger partial charge in [0.1, 0.15) is 12.4 Å². The second-order valence-corrected chi connectivity index (χ2v) is 5.49. The highest BCUT2D eigenvalue weighted by atomic mass is 19.1. The fourth-order valence-electron chi connectivity index (χ4n) is 2.36. The number of amides is 1. The van der Waals surface area contributed by atoms with Crippen LogP contribution in [0.3, 0.4) is 0 Å². The molecule has 3 rings (SSSR count). The van der Waals surface area contributed by atoms with Gasteiger partial charge in [-0.1, -0.05) is 42.5 Å². The number of hydrogen-bond donors (Lipinski definition) is 1. The average Bonchev–Trinajstić information content (AvgIpc) is 2.63. The maximum Gasteiger partial charge on any atom is 0.267 e. The topological polar surface area (TPSA) is 64.0 Å². The van der Waals surface area contributed by atoms with Crippen molar-refractivity contribution in [1.82, 2.24) is 15.1 Å². The monoisotopic (exact) mass is 337 g/mol. The van der Waals surface area contributed by atoms with Crippen LogP contribution in [-0.4, -0.2) is 15.7 Å². The summed E-state index contributed by atoms with van der Waals surface area (Å²) in [5.74, 6) is -0.732. The zero-order chi connectivity index (χ0) is 17.6. The summed E-state index contributed by atoms with van der Waals surface area (Å²) in [6.07, 6.45) is 0. The fourth-order valence-corrected chi connectivity index (χ4v) is 2.36. The molecule has 0 saturated carbocycles. The number of carbonyl (C=O) groups excluding carboxylic acids is 1. The molecule has 0 spiro atoms. The van der Waals surface area contributed by atoms with Gasteiger partial charge < -0.3 is 5.32 Å². The Morgan fingerprint density at radius 1 is 1.04 bits per heavy atom. The molecule has 0 aliphatic heterocycles. The Labute approximate surface area is 143 Å². The lowest BCUT2D eigenvalue weighted by atomic mass is 10.1. The third-order valence-corrected chi connectivity index (χ3v) is 3.61. The zero-order valence-corrected chi connectivity index (χ0v) is 13.4. The molecule has 1 heterocycles. The average molecular weight is 337 g/mol. The molecule has 1 aromatic heterocycles. The normalized spacial score (nSPS) is 10.4. The Balaban J connectivity index is 1.69. The number of benzene rings is 2. The van der Waals surface area contributed by atoms with Crippen LogP contribution in [0.4, 0.5) is 4.39 Å². The number of halogens is 1. The van der Waals surface area contributed by atoms with E-state index in [1.165, 1.54) is 18.2 Å². The minimum absolute atomic E-state index is 0.184. The van der Waals surface area contributed by atoms with Gasteiger partial charge in [-0.3, -0.25) is 9.59 Å². The summed E-state index contributed by atoms with van der Waals surface area (Å²) in [6, 6.07) is 18.4. The molecule has 0 aliphatic rings. The van der Waals surface area contributed by atoms with Crippen molar-refractivity contribution in [3.63, 3.8) is 0 Å². The summed E-state index contributed by atoms with van der Waals surface area (Å²) < 4.78 is 14.2. The number of carbonyl (C=O) groups is 1. The van der Waals surface area contributed by atoms with Crippen LogP contribution in [0.2, 0.25) is 0 Å². The second kappa shape index (κ2) is 7.53. The number of rotatable bonds is 5. The molecular formula is C19H16FN3O2. The predicted molar refractivity (Wildman–Crippen MR) is 92.2 cm³/mol. The first kappa shape index (κ1) is 16.6. The lowest BCUT2D eigenvalue weighted by Gasteiger charge is -2.08. The van der Waals surface area contributed by atoms with Gasteiger partial charge in [-0.25, -0.2) is 9.07 Å². The summed E-state index contributed by atoms with van der Waals surface area (Å²) in [7, 11) is 0. The molecule has 0 unspecified atom stereocenters. The molecule has 3 aromatic rings. The molecule has 6 heteroatoms. The van der Waals surface area contributed by atoms with Crippen molar-refractivity contribution in [2.75, 3.05) is 0 Å². The molecule has 0 radical (unpaired) electrons. The minimum Gasteiger partial charge on any atom is -0.350 e. The van der Waals surface area contributed by atoms with E-state index in [1.54, 1.807) is 18.2 Å². The van der Waals surface area contributed by atoms with Gasteiger partial charge in [0.05, 0.1) is 5.69 Å². The van der Waals surface area contributed by atoms with Gasteiger partial charge in [-0.05, 0) is 23.8 Å². The highest BCUT2D eigenvalue weighted by molar-refractivity contribution is 5.75. The van der Waals surface area contributed by atoms with E-state index in [0.717, 1.165) is 10.2 Å². The van der Waals surface area contributed by atoms with E-state index in [2.05, 4.69) is 10.4 Å². The van der Waals surface area contributed by atoms with E-state index in [0.29, 0.717) is 11.3 Å². The van der Waals surface area contributed by atoms with Crippen LogP contribution in [0.5, 0.6) is 0 Å². The Hall–Kier alpha value is -3.28. The Bertz CT molecular complexity index is 939. The van der Waals surface area contributed by atoms with Crippen LogP contribution in [0, 0.1) is 5.82 Å². The Kier molecular flexibility index (Phi) is 4.99. The highest BCUT2D eigenvalue weighted by Crippen LogP contribution is 2.13. The molecule has 0 bridgehead atoms. The third kappa shape index (κ3) is 4.38. The lowest BCUT2D eigenvalue weighted by Crippen LogP contribution is -2.33. The van der Waals surface area contributed by atoms with Gasteiger partial charge in [0.15, 0.2) is 0 Å². The lowest BCUT2D eigenvalue weighted by molar-refractivity contribution is -0.122. The standard InChI is InChI=1S/C19H16FN3O2/c20-16-8-4-5-14(11-16)12-21-18(24)13-23-19(25)10-9-17(22-23)15-6-2-1-3-7-15/h1-11H,12-13H2,(H,21,24). The van der Waals surface area contributed by atoms with Gasteiger partial charge in [-0.2, -0.15) is 5.10 Å². The number of nitrogens with one attached hydrogen (secondary N) is 1. The van der Waals surface area contributed by atoms with E-state index in [4.69, 9.17) is 0 Å². The molecular weight excluding hydrogens is 321 g/mol. The minimum atomic E-state index is -0.371. The van der Waals surface area contributed by atoms with E-state index in [-0.39, 0.29) is 30.4 Å². The van der Waals surface area contributed by atoms with Crippen LogP contribution < -0.4 is 10.9 Å². The number of aromatic nitrogens is 2. The molecule has 0 aliphatic carbocycles. The first-order valence-electron chi connectivity index (χ1n) is 7.76. The Morgan fingerprint density at radius 3 is 2.60 bits per heavy atom. The maximum atomic E-state index is 13.1. The predicted octanol–water partition coefficient (Wildman–Crippen LogP) is 2.37. The van der Waals surface area contributed by atoms with Crippen LogP contribution in [0.1, 0.15) is 5.56 Å². The van der Waals surface area contributed by atoms with Gasteiger partial charge >= 0.3 is 0 Å². The highest BCUT2D eigenvalue weighted by Gasteiger charge is 2.08. The van der Waals surface area contributed by atoms with Gasteiger partial charge in [0.2, 0.25) is 5.91 Å². The second-order valence-electron chi connectivity index (χ2n) is 5.49. The third-order valence-electron chi connectivity index (χ3n) is 3.61. The van der Waals surface area contributed by atoms with Crippen LogP contribution in [-0.2, 0) is 17.9 Å². The molecule has 1 amide bonds. The molecule has 2 aromatic carbocycles. The maximum absolute atomic E-state index is 13.1. The van der Waals surface area contributed by atoms with Crippen LogP contribution in [0.25, 0.3) is 11.3 Å². The van der Waals surface area contributed by atoms with Crippen molar-refractivity contribution < 1.29 is 9.18 Å². The van der Waals surface area contributed by atoms with Crippen molar-refractivity contribution in [2.24, 2.45) is 0 Å². The van der Waals surface area contributed by atoms with Crippen LogP contribution in [0.15, 0.2) is 71.5 Å². The molecule has 1 N–H and O–H groups in total. The van der Waals surface area contributed by atoms with Crippen LogP contribution >= 0.6 is 0 Å². The van der Waals surface area contributed by atoms with Crippen molar-refractivity contribution >= 4 is 5.91 Å².